The maximum absolute atomic E-state index is 2.94. The third-order valence-corrected chi connectivity index (χ3v) is 7.00. The topological polar surface area (TPSA) is 9.72 Å². The van der Waals surface area contributed by atoms with Crippen LogP contribution in [0.3, 0.4) is 0 Å². The maximum atomic E-state index is 2.94. The summed E-state index contributed by atoms with van der Waals surface area (Å²) in [5, 5.41) is 0. The van der Waals surface area contributed by atoms with Crippen LogP contribution in [0.5, 0.6) is 0 Å². The van der Waals surface area contributed by atoms with Gasteiger partial charge in [-0.2, -0.15) is 0 Å². The molecule has 0 radical (unpaired) electrons. The molecule has 3 heteroatoms. The van der Waals surface area contributed by atoms with E-state index < -0.39 is 0 Å². The predicted octanol–water partition coefficient (Wildman–Crippen LogP) is 1.22. The van der Waals surface area contributed by atoms with Gasteiger partial charge in [0, 0.05) is 19.6 Å². The molecule has 4 saturated heterocycles. The van der Waals surface area contributed by atoms with Crippen molar-refractivity contribution in [1.29, 1.82) is 0 Å². The van der Waals surface area contributed by atoms with Crippen molar-refractivity contribution in [3.8, 4) is 0 Å². The van der Waals surface area contributed by atoms with E-state index in [0.29, 0.717) is 0 Å². The normalized spacial score (nSPS) is 65.2. The Morgan fingerprint density at radius 3 is 2.11 bits per heavy atom. The van der Waals surface area contributed by atoms with Crippen LogP contribution >= 0.6 is 0 Å². The first-order valence-electron chi connectivity index (χ1n) is 8.10. The Morgan fingerprint density at radius 1 is 0.778 bits per heavy atom. The molecule has 0 amide bonds. The molecule has 0 aromatic heterocycles. The van der Waals surface area contributed by atoms with Crippen LogP contribution in [0.25, 0.3) is 0 Å². The summed E-state index contributed by atoms with van der Waals surface area (Å²) in [6, 6.07) is 0. The average Bonchev–Trinajstić information content (AvgIpc) is 3.17. The summed E-state index contributed by atoms with van der Waals surface area (Å²) >= 11 is 0. The minimum Gasteiger partial charge on any atom is -0.271 e. The first-order chi connectivity index (χ1) is 8.83. The number of hydrogen-bond acceptors (Lipinski definition) is 3. The SMILES string of the molecule is CC1CCN2C1N1CC3CC3C1N1CC3CC3C21. The lowest BCUT2D eigenvalue weighted by Gasteiger charge is -2.54. The molecule has 6 aliphatic rings. The first-order valence-corrected chi connectivity index (χ1v) is 8.10. The molecule has 2 aliphatic carbocycles. The van der Waals surface area contributed by atoms with Gasteiger partial charge in [-0.15, -0.1) is 0 Å². The van der Waals surface area contributed by atoms with Crippen molar-refractivity contribution >= 4 is 0 Å². The first kappa shape index (κ1) is 9.73. The van der Waals surface area contributed by atoms with Gasteiger partial charge in [0.15, 0.2) is 0 Å². The number of piperidine rings is 2. The van der Waals surface area contributed by atoms with Crippen LogP contribution in [0.2, 0.25) is 0 Å². The Hall–Kier alpha value is -0.120. The van der Waals surface area contributed by atoms with Crippen LogP contribution in [0, 0.1) is 29.6 Å². The summed E-state index contributed by atoms with van der Waals surface area (Å²) in [5.41, 5.74) is 0. The maximum Gasteiger partial charge on any atom is 0.0681 e. The van der Waals surface area contributed by atoms with E-state index in [4.69, 9.17) is 0 Å². The summed E-state index contributed by atoms with van der Waals surface area (Å²) in [6.07, 6.45) is 7.04. The molecule has 4 heterocycles. The lowest BCUT2D eigenvalue weighted by Crippen LogP contribution is -2.68. The minimum atomic E-state index is 0.809. The van der Waals surface area contributed by atoms with Crippen molar-refractivity contribution in [3.05, 3.63) is 0 Å². The van der Waals surface area contributed by atoms with Crippen LogP contribution in [-0.4, -0.2) is 52.8 Å². The lowest BCUT2D eigenvalue weighted by atomic mass is 10.0. The zero-order valence-electron chi connectivity index (χ0n) is 11.2. The molecule has 18 heavy (non-hydrogen) atoms. The van der Waals surface area contributed by atoms with Crippen LogP contribution < -0.4 is 0 Å². The van der Waals surface area contributed by atoms with Gasteiger partial charge in [-0.1, -0.05) is 6.92 Å². The lowest BCUT2D eigenvalue weighted by molar-refractivity contribution is -0.153. The monoisotopic (exact) mass is 245 g/mol. The van der Waals surface area contributed by atoms with Gasteiger partial charge in [0.1, 0.15) is 0 Å². The van der Waals surface area contributed by atoms with Crippen LogP contribution in [0.4, 0.5) is 0 Å². The third kappa shape index (κ3) is 0.949. The highest BCUT2D eigenvalue weighted by molar-refractivity contribution is 5.16. The fourth-order valence-electron chi connectivity index (χ4n) is 6.11. The average molecular weight is 245 g/mol. The number of rotatable bonds is 0. The van der Waals surface area contributed by atoms with Crippen LogP contribution in [-0.2, 0) is 0 Å². The highest BCUT2D eigenvalue weighted by Gasteiger charge is 2.68. The zero-order valence-corrected chi connectivity index (χ0v) is 11.2. The summed E-state index contributed by atoms with van der Waals surface area (Å²) in [5.74, 6) is 5.16. The molecule has 6 fully saturated rings. The molecule has 0 bridgehead atoms. The zero-order chi connectivity index (χ0) is 11.6. The molecule has 4 aliphatic heterocycles. The summed E-state index contributed by atoms with van der Waals surface area (Å²) in [6.45, 7) is 6.71. The Bertz CT molecular complexity index is 373. The van der Waals surface area contributed by atoms with E-state index in [1.54, 1.807) is 12.8 Å². The summed E-state index contributed by atoms with van der Waals surface area (Å²) in [7, 11) is 0. The van der Waals surface area contributed by atoms with Gasteiger partial charge < -0.3 is 0 Å². The molecule has 0 spiro atoms. The van der Waals surface area contributed by atoms with Gasteiger partial charge in [-0.25, -0.2) is 0 Å². The molecular weight excluding hydrogens is 222 g/mol. The van der Waals surface area contributed by atoms with Gasteiger partial charge >= 0.3 is 0 Å². The van der Waals surface area contributed by atoms with Crippen molar-refractivity contribution in [2.75, 3.05) is 19.6 Å². The number of hydrogen-bond donors (Lipinski definition) is 0. The summed E-state index contributed by atoms with van der Waals surface area (Å²) < 4.78 is 0. The molecule has 8 unspecified atom stereocenters. The van der Waals surface area contributed by atoms with Crippen molar-refractivity contribution in [1.82, 2.24) is 14.7 Å². The Balaban J connectivity index is 1.47. The van der Waals surface area contributed by atoms with Crippen molar-refractivity contribution in [2.45, 2.75) is 44.7 Å². The van der Waals surface area contributed by atoms with E-state index in [9.17, 15) is 0 Å². The third-order valence-electron chi connectivity index (χ3n) is 7.00. The largest absolute Gasteiger partial charge is 0.271 e. The van der Waals surface area contributed by atoms with E-state index in [0.717, 1.165) is 48.1 Å². The Morgan fingerprint density at radius 2 is 1.39 bits per heavy atom. The minimum absolute atomic E-state index is 0.809. The molecule has 6 rings (SSSR count). The number of nitrogens with zero attached hydrogens (tertiary/aromatic N) is 3. The van der Waals surface area contributed by atoms with E-state index >= 15 is 0 Å². The molecular formula is C15H23N3. The van der Waals surface area contributed by atoms with E-state index in [1.807, 2.05) is 0 Å². The molecule has 0 N–H and O–H groups in total. The standard InChI is InChI=1S/C15H23N3/c1-8-2-3-16-13(8)17-6-9-5-12(9)15(17)18-7-10-4-11(10)14(16)18/h8-15H,2-7H2,1H3. The molecule has 98 valence electrons. The smallest absolute Gasteiger partial charge is 0.0681 e. The number of fused-ring (bicyclic) bond motifs is 10. The molecule has 0 aromatic carbocycles. The second-order valence-corrected chi connectivity index (χ2v) is 7.96. The fourth-order valence-corrected chi connectivity index (χ4v) is 6.11. The van der Waals surface area contributed by atoms with Gasteiger partial charge in [-0.3, -0.25) is 14.7 Å². The predicted molar refractivity (Wildman–Crippen MR) is 68.5 cm³/mol. The van der Waals surface area contributed by atoms with Gasteiger partial charge in [-0.05, 0) is 48.9 Å². The molecule has 3 nitrogen and oxygen atoms in total. The van der Waals surface area contributed by atoms with E-state index in [2.05, 4.69) is 21.6 Å². The van der Waals surface area contributed by atoms with Gasteiger partial charge in [0.05, 0.1) is 18.5 Å². The Kier molecular flexibility index (Phi) is 1.52. The highest BCUT2D eigenvalue weighted by atomic mass is 15.6. The second kappa shape index (κ2) is 2.82. The summed E-state index contributed by atoms with van der Waals surface area (Å²) in [4.78, 5) is 8.76. The fraction of sp³-hybridized carbons (Fsp3) is 1.00. The molecule has 8 atom stereocenters. The van der Waals surface area contributed by atoms with E-state index in [1.165, 1.54) is 26.1 Å². The Labute approximate surface area is 109 Å². The van der Waals surface area contributed by atoms with Crippen molar-refractivity contribution in [2.24, 2.45) is 29.6 Å². The molecule has 0 aromatic rings. The quantitative estimate of drug-likeness (QED) is 0.635. The van der Waals surface area contributed by atoms with Crippen LogP contribution in [0.1, 0.15) is 26.2 Å². The van der Waals surface area contributed by atoms with Crippen LogP contribution in [0.15, 0.2) is 0 Å². The van der Waals surface area contributed by atoms with E-state index in [-0.39, 0.29) is 0 Å². The van der Waals surface area contributed by atoms with Crippen molar-refractivity contribution in [3.63, 3.8) is 0 Å². The second-order valence-electron chi connectivity index (χ2n) is 7.96. The highest BCUT2D eigenvalue weighted by Crippen LogP contribution is 2.61. The van der Waals surface area contributed by atoms with Gasteiger partial charge in [0.2, 0.25) is 0 Å². The van der Waals surface area contributed by atoms with Crippen molar-refractivity contribution < 1.29 is 0 Å². The van der Waals surface area contributed by atoms with Gasteiger partial charge in [0.25, 0.3) is 0 Å². The molecule has 2 saturated carbocycles.